The second-order valence-corrected chi connectivity index (χ2v) is 5.82. The highest BCUT2D eigenvalue weighted by atomic mass is 16.6. The lowest BCUT2D eigenvalue weighted by Crippen LogP contribution is -1.89. The maximum atomic E-state index is 5.91. The van der Waals surface area contributed by atoms with Crippen molar-refractivity contribution in [3.8, 4) is 0 Å². The van der Waals surface area contributed by atoms with Crippen LogP contribution in [0.5, 0.6) is 0 Å². The smallest absolute Gasteiger partial charge is 0.114 e. The molecule has 1 aliphatic rings. The van der Waals surface area contributed by atoms with Gasteiger partial charge in [-0.25, -0.2) is 0 Å². The molecule has 0 amide bonds. The molecule has 3 rings (SSSR count). The molecular formula is C18H20O. The summed E-state index contributed by atoms with van der Waals surface area (Å²) in [5.74, 6) is 0. The third-order valence-corrected chi connectivity index (χ3v) is 3.64. The zero-order valence-electron chi connectivity index (χ0n) is 12.0. The Morgan fingerprint density at radius 3 is 1.21 bits per heavy atom. The highest BCUT2D eigenvalue weighted by Gasteiger charge is 2.41. The van der Waals surface area contributed by atoms with Gasteiger partial charge < -0.3 is 4.74 Å². The molecule has 19 heavy (non-hydrogen) atoms. The van der Waals surface area contributed by atoms with Crippen LogP contribution in [-0.4, -0.2) is 0 Å². The summed E-state index contributed by atoms with van der Waals surface area (Å²) < 4.78 is 5.91. The van der Waals surface area contributed by atoms with Gasteiger partial charge >= 0.3 is 0 Å². The molecule has 1 aliphatic heterocycles. The molecule has 0 aromatic heterocycles. The predicted octanol–water partition coefficient (Wildman–Crippen LogP) is 4.73. The summed E-state index contributed by atoms with van der Waals surface area (Å²) in [5.41, 5.74) is 7.85. The summed E-state index contributed by atoms with van der Waals surface area (Å²) >= 11 is 0. The maximum absolute atomic E-state index is 5.91. The van der Waals surface area contributed by atoms with Gasteiger partial charge in [0.1, 0.15) is 12.2 Å². The molecule has 2 aromatic rings. The van der Waals surface area contributed by atoms with Gasteiger partial charge in [-0.2, -0.15) is 0 Å². The van der Waals surface area contributed by atoms with Crippen molar-refractivity contribution >= 4 is 0 Å². The fraction of sp³-hybridized carbons (Fsp3) is 0.333. The summed E-state index contributed by atoms with van der Waals surface area (Å²) in [6.07, 6.45) is 0.472. The molecule has 0 radical (unpaired) electrons. The topological polar surface area (TPSA) is 12.5 Å². The number of hydrogen-bond donors (Lipinski definition) is 0. The van der Waals surface area contributed by atoms with Gasteiger partial charge in [-0.15, -0.1) is 0 Å². The van der Waals surface area contributed by atoms with Crippen molar-refractivity contribution in [2.75, 3.05) is 0 Å². The van der Waals surface area contributed by atoms with E-state index in [9.17, 15) is 0 Å². The quantitative estimate of drug-likeness (QED) is 0.704. The third-order valence-electron chi connectivity index (χ3n) is 3.64. The Balaban J connectivity index is 1.87. The minimum Gasteiger partial charge on any atom is -0.359 e. The number of ether oxygens (including phenoxy) is 1. The minimum absolute atomic E-state index is 0.236. The van der Waals surface area contributed by atoms with Crippen molar-refractivity contribution in [3.63, 3.8) is 0 Å². The first-order valence-corrected chi connectivity index (χ1v) is 6.85. The van der Waals surface area contributed by atoms with Gasteiger partial charge in [-0.1, -0.05) is 58.7 Å². The Hall–Kier alpha value is -1.60. The summed E-state index contributed by atoms with van der Waals surface area (Å²) in [4.78, 5) is 0. The lowest BCUT2D eigenvalue weighted by Gasteiger charge is -2.03. The van der Waals surface area contributed by atoms with Gasteiger partial charge in [0, 0.05) is 0 Å². The molecule has 0 bridgehead atoms. The Morgan fingerprint density at radius 2 is 0.895 bits per heavy atom. The van der Waals surface area contributed by atoms with Crippen LogP contribution < -0.4 is 0 Å². The van der Waals surface area contributed by atoms with Crippen LogP contribution in [0.25, 0.3) is 0 Å². The first-order chi connectivity index (χ1) is 9.02. The largest absolute Gasteiger partial charge is 0.359 e. The van der Waals surface area contributed by atoms with Gasteiger partial charge in [-0.05, 0) is 38.8 Å². The maximum Gasteiger partial charge on any atom is 0.114 e. The van der Waals surface area contributed by atoms with E-state index in [1.807, 2.05) is 0 Å². The summed E-state index contributed by atoms with van der Waals surface area (Å²) in [5, 5.41) is 0. The standard InChI is InChI=1S/C18H20O/c1-11-5-12(2)8-15(7-11)17-18(19-17)16-9-13(3)6-14(4)10-16/h5-10,17-18H,1-4H3/t17-,18+. The van der Waals surface area contributed by atoms with Crippen molar-refractivity contribution in [1.82, 2.24) is 0 Å². The fourth-order valence-corrected chi connectivity index (χ4v) is 2.97. The summed E-state index contributed by atoms with van der Waals surface area (Å²) in [7, 11) is 0. The van der Waals surface area contributed by atoms with E-state index in [1.165, 1.54) is 33.4 Å². The monoisotopic (exact) mass is 252 g/mol. The zero-order chi connectivity index (χ0) is 13.6. The molecule has 0 spiro atoms. The number of hydrogen-bond acceptors (Lipinski definition) is 1. The molecule has 1 saturated heterocycles. The Bertz CT molecular complexity index is 532. The van der Waals surface area contributed by atoms with Crippen LogP contribution >= 0.6 is 0 Å². The molecule has 0 unspecified atom stereocenters. The van der Waals surface area contributed by atoms with Crippen LogP contribution in [0.4, 0.5) is 0 Å². The molecule has 1 heterocycles. The average Bonchev–Trinajstić information content (AvgIpc) is 3.05. The van der Waals surface area contributed by atoms with E-state index in [0.717, 1.165) is 0 Å². The summed E-state index contributed by atoms with van der Waals surface area (Å²) in [6, 6.07) is 13.4. The lowest BCUT2D eigenvalue weighted by molar-refractivity contribution is 0.377. The van der Waals surface area contributed by atoms with Gasteiger partial charge in [0.2, 0.25) is 0 Å². The average molecular weight is 252 g/mol. The zero-order valence-corrected chi connectivity index (χ0v) is 12.0. The number of epoxide rings is 1. The number of rotatable bonds is 2. The molecule has 0 N–H and O–H groups in total. The van der Waals surface area contributed by atoms with E-state index >= 15 is 0 Å². The van der Waals surface area contributed by atoms with Gasteiger partial charge in [0.05, 0.1) is 0 Å². The third kappa shape index (κ3) is 2.57. The summed E-state index contributed by atoms with van der Waals surface area (Å²) in [6.45, 7) is 8.57. The number of benzene rings is 2. The van der Waals surface area contributed by atoms with E-state index in [4.69, 9.17) is 4.74 Å². The predicted molar refractivity (Wildman–Crippen MR) is 78.4 cm³/mol. The first-order valence-electron chi connectivity index (χ1n) is 6.85. The molecule has 1 heteroatoms. The van der Waals surface area contributed by atoms with Crippen molar-refractivity contribution < 1.29 is 4.74 Å². The van der Waals surface area contributed by atoms with Gasteiger partial charge in [0.15, 0.2) is 0 Å². The van der Waals surface area contributed by atoms with Crippen LogP contribution in [0.15, 0.2) is 36.4 Å². The van der Waals surface area contributed by atoms with Crippen molar-refractivity contribution in [1.29, 1.82) is 0 Å². The minimum atomic E-state index is 0.236. The second-order valence-electron chi connectivity index (χ2n) is 5.82. The van der Waals surface area contributed by atoms with Gasteiger partial charge in [0.25, 0.3) is 0 Å². The second kappa shape index (κ2) is 4.50. The molecule has 0 aliphatic carbocycles. The van der Waals surface area contributed by atoms with Crippen molar-refractivity contribution in [3.05, 3.63) is 69.8 Å². The van der Waals surface area contributed by atoms with Crippen molar-refractivity contribution in [2.45, 2.75) is 39.9 Å². The Kier molecular flexibility index (Phi) is 2.94. The first kappa shape index (κ1) is 12.4. The van der Waals surface area contributed by atoms with E-state index in [2.05, 4.69) is 64.1 Å². The molecule has 0 saturated carbocycles. The Morgan fingerprint density at radius 1 is 0.579 bits per heavy atom. The molecular weight excluding hydrogens is 232 g/mol. The van der Waals surface area contributed by atoms with E-state index < -0.39 is 0 Å². The van der Waals surface area contributed by atoms with Crippen molar-refractivity contribution in [2.24, 2.45) is 0 Å². The van der Waals surface area contributed by atoms with Crippen LogP contribution in [-0.2, 0) is 4.74 Å². The molecule has 1 fully saturated rings. The highest BCUT2D eigenvalue weighted by Crippen LogP contribution is 2.51. The van der Waals surface area contributed by atoms with Crippen LogP contribution in [0, 0.1) is 27.7 Å². The van der Waals surface area contributed by atoms with E-state index in [0.29, 0.717) is 0 Å². The molecule has 2 aromatic carbocycles. The van der Waals surface area contributed by atoms with E-state index in [-0.39, 0.29) is 12.2 Å². The van der Waals surface area contributed by atoms with Gasteiger partial charge in [-0.3, -0.25) is 0 Å². The highest BCUT2D eigenvalue weighted by molar-refractivity contribution is 5.37. The molecule has 98 valence electrons. The lowest BCUT2D eigenvalue weighted by atomic mass is 9.99. The van der Waals surface area contributed by atoms with Crippen LogP contribution in [0.3, 0.4) is 0 Å². The fourth-order valence-electron chi connectivity index (χ4n) is 2.97. The van der Waals surface area contributed by atoms with Crippen LogP contribution in [0.2, 0.25) is 0 Å². The molecule has 2 atom stereocenters. The SMILES string of the molecule is Cc1cc(C)cc([C@H]2O[C@H]2c2cc(C)cc(C)c2)c1. The Labute approximate surface area is 115 Å². The number of aryl methyl sites for hydroxylation is 4. The normalized spacial score (nSPS) is 21.5. The van der Waals surface area contributed by atoms with E-state index in [1.54, 1.807) is 0 Å². The van der Waals surface area contributed by atoms with Crippen LogP contribution in [0.1, 0.15) is 45.6 Å². The molecule has 1 nitrogen and oxygen atoms in total.